The monoisotopic (exact) mass is 723 g/mol. The molecule has 6 heteroatoms. The molecule has 302 valence electrons. The van der Waals surface area contributed by atoms with Gasteiger partial charge in [-0.05, 0) is 19.3 Å². The van der Waals surface area contributed by atoms with Crippen molar-refractivity contribution >= 4 is 17.9 Å². The van der Waals surface area contributed by atoms with Gasteiger partial charge in [-0.15, -0.1) is 0 Å². The van der Waals surface area contributed by atoms with E-state index in [0.717, 1.165) is 64.2 Å². The average molecular weight is 723 g/mol. The number of esters is 3. The molecule has 0 bridgehead atoms. The summed E-state index contributed by atoms with van der Waals surface area (Å²) in [6.45, 7) is 6.57. The summed E-state index contributed by atoms with van der Waals surface area (Å²) < 4.78 is 16.6. The maximum Gasteiger partial charge on any atom is 0.306 e. The third kappa shape index (κ3) is 39.5. The lowest BCUT2D eigenvalue weighted by Crippen LogP contribution is -2.30. The second kappa shape index (κ2) is 41.2. The summed E-state index contributed by atoms with van der Waals surface area (Å²) in [5, 5.41) is 0. The Morgan fingerprint density at radius 3 is 0.784 bits per heavy atom. The number of ether oxygens (including phenoxy) is 3. The maximum atomic E-state index is 12.6. The summed E-state index contributed by atoms with van der Waals surface area (Å²) in [4.78, 5) is 37.4. The summed E-state index contributed by atoms with van der Waals surface area (Å²) >= 11 is 0. The van der Waals surface area contributed by atoms with Crippen molar-refractivity contribution in [1.82, 2.24) is 0 Å². The van der Waals surface area contributed by atoms with Gasteiger partial charge in [0.15, 0.2) is 6.10 Å². The number of carbonyl (C=O) groups is 3. The quantitative estimate of drug-likeness (QED) is 0.0355. The van der Waals surface area contributed by atoms with Crippen LogP contribution in [0.25, 0.3) is 0 Å². The van der Waals surface area contributed by atoms with Crippen LogP contribution in [0, 0.1) is 0 Å². The SMILES string of the molecule is CCCCCCCCCCCCCCCCC(=O)OC[C@@H](COC(=O)CCCCCCC)OC(=O)CCCCCCCCCCCCCCCC. The zero-order valence-electron chi connectivity index (χ0n) is 34.4. The predicted octanol–water partition coefficient (Wildman–Crippen LogP) is 14.1. The van der Waals surface area contributed by atoms with Gasteiger partial charge in [-0.1, -0.05) is 213 Å². The average Bonchev–Trinajstić information content (AvgIpc) is 3.12. The fourth-order valence-electron chi connectivity index (χ4n) is 6.68. The van der Waals surface area contributed by atoms with Crippen LogP contribution in [0.3, 0.4) is 0 Å². The van der Waals surface area contributed by atoms with Crippen molar-refractivity contribution in [1.29, 1.82) is 0 Å². The lowest BCUT2D eigenvalue weighted by Gasteiger charge is -2.18. The van der Waals surface area contributed by atoms with Gasteiger partial charge in [0.05, 0.1) is 0 Å². The molecule has 0 heterocycles. The van der Waals surface area contributed by atoms with E-state index in [1.54, 1.807) is 0 Å². The minimum Gasteiger partial charge on any atom is -0.462 e. The standard InChI is InChI=1S/C45H86O6/c1-4-7-10-13-15-17-19-21-23-25-27-29-32-35-38-44(47)50-41-42(40-49-43(46)37-34-31-12-9-6-3)51-45(48)39-36-33-30-28-26-24-22-20-18-16-14-11-8-5-2/h42H,4-41H2,1-3H3/t42-/m1/s1. The second-order valence-corrected chi connectivity index (χ2v) is 15.3. The van der Waals surface area contributed by atoms with Crippen LogP contribution in [0.1, 0.15) is 252 Å². The van der Waals surface area contributed by atoms with Crippen molar-refractivity contribution in [3.05, 3.63) is 0 Å². The van der Waals surface area contributed by atoms with Crippen LogP contribution in [-0.2, 0) is 28.6 Å². The van der Waals surface area contributed by atoms with Crippen molar-refractivity contribution in [2.24, 2.45) is 0 Å². The third-order valence-corrected chi connectivity index (χ3v) is 10.1. The van der Waals surface area contributed by atoms with Crippen molar-refractivity contribution in [3.8, 4) is 0 Å². The molecule has 0 radical (unpaired) electrons. The Labute approximate surface area is 317 Å². The molecule has 0 amide bonds. The smallest absolute Gasteiger partial charge is 0.306 e. The summed E-state index contributed by atoms with van der Waals surface area (Å²) in [5.41, 5.74) is 0. The van der Waals surface area contributed by atoms with Crippen LogP contribution in [-0.4, -0.2) is 37.2 Å². The van der Waals surface area contributed by atoms with Crippen molar-refractivity contribution < 1.29 is 28.6 Å². The van der Waals surface area contributed by atoms with E-state index in [1.807, 2.05) is 0 Å². The molecule has 0 saturated heterocycles. The van der Waals surface area contributed by atoms with Crippen LogP contribution >= 0.6 is 0 Å². The summed E-state index contributed by atoms with van der Waals surface area (Å²) in [6.07, 6.45) is 41.1. The molecular weight excluding hydrogens is 636 g/mol. The zero-order chi connectivity index (χ0) is 37.3. The van der Waals surface area contributed by atoms with Crippen LogP contribution in [0.4, 0.5) is 0 Å². The number of unbranched alkanes of at least 4 members (excludes halogenated alkanes) is 30. The molecule has 0 rings (SSSR count). The van der Waals surface area contributed by atoms with E-state index in [-0.39, 0.29) is 31.1 Å². The van der Waals surface area contributed by atoms with E-state index < -0.39 is 6.10 Å². The first kappa shape index (κ1) is 49.4. The van der Waals surface area contributed by atoms with E-state index >= 15 is 0 Å². The second-order valence-electron chi connectivity index (χ2n) is 15.3. The molecular formula is C45H86O6. The lowest BCUT2D eigenvalue weighted by atomic mass is 10.0. The fraction of sp³-hybridized carbons (Fsp3) is 0.933. The van der Waals surface area contributed by atoms with Crippen LogP contribution in [0.15, 0.2) is 0 Å². The van der Waals surface area contributed by atoms with Gasteiger partial charge in [0.25, 0.3) is 0 Å². The first-order chi connectivity index (χ1) is 25.0. The summed E-state index contributed by atoms with van der Waals surface area (Å²) in [5.74, 6) is -0.866. The van der Waals surface area contributed by atoms with Crippen molar-refractivity contribution in [2.45, 2.75) is 258 Å². The molecule has 0 fully saturated rings. The number of rotatable bonds is 41. The molecule has 0 aromatic carbocycles. The highest BCUT2D eigenvalue weighted by molar-refractivity contribution is 5.71. The zero-order valence-corrected chi connectivity index (χ0v) is 34.4. The van der Waals surface area contributed by atoms with Crippen molar-refractivity contribution in [2.75, 3.05) is 13.2 Å². The van der Waals surface area contributed by atoms with Gasteiger partial charge >= 0.3 is 17.9 Å². The van der Waals surface area contributed by atoms with Gasteiger partial charge in [0.2, 0.25) is 0 Å². The van der Waals surface area contributed by atoms with E-state index in [2.05, 4.69) is 20.8 Å². The Morgan fingerprint density at radius 2 is 0.529 bits per heavy atom. The molecule has 0 aliphatic carbocycles. The Balaban J connectivity index is 4.18. The molecule has 0 aliphatic rings. The topological polar surface area (TPSA) is 78.9 Å². The molecule has 6 nitrogen and oxygen atoms in total. The Bertz CT molecular complexity index is 753. The minimum atomic E-state index is -0.756. The van der Waals surface area contributed by atoms with Gasteiger partial charge < -0.3 is 14.2 Å². The van der Waals surface area contributed by atoms with Gasteiger partial charge in [-0.2, -0.15) is 0 Å². The molecule has 0 aromatic heterocycles. The molecule has 0 spiro atoms. The number of carbonyl (C=O) groups excluding carboxylic acids is 3. The van der Waals surface area contributed by atoms with Crippen LogP contribution < -0.4 is 0 Å². The Hall–Kier alpha value is -1.59. The molecule has 0 aliphatic heterocycles. The largest absolute Gasteiger partial charge is 0.462 e. The van der Waals surface area contributed by atoms with Gasteiger partial charge in [0.1, 0.15) is 13.2 Å². The van der Waals surface area contributed by atoms with Crippen LogP contribution in [0.5, 0.6) is 0 Å². The Morgan fingerprint density at radius 1 is 0.314 bits per heavy atom. The van der Waals surface area contributed by atoms with E-state index in [0.29, 0.717) is 19.3 Å². The third-order valence-electron chi connectivity index (χ3n) is 10.1. The van der Waals surface area contributed by atoms with Crippen molar-refractivity contribution in [3.63, 3.8) is 0 Å². The van der Waals surface area contributed by atoms with Gasteiger partial charge in [-0.3, -0.25) is 14.4 Å². The lowest BCUT2D eigenvalue weighted by molar-refractivity contribution is -0.167. The fourth-order valence-corrected chi connectivity index (χ4v) is 6.68. The summed E-state index contributed by atoms with van der Waals surface area (Å²) in [7, 11) is 0. The van der Waals surface area contributed by atoms with E-state index in [9.17, 15) is 14.4 Å². The van der Waals surface area contributed by atoms with Gasteiger partial charge in [-0.25, -0.2) is 0 Å². The molecule has 0 unspecified atom stereocenters. The van der Waals surface area contributed by atoms with E-state index in [1.165, 1.54) is 148 Å². The highest BCUT2D eigenvalue weighted by Crippen LogP contribution is 2.16. The maximum absolute atomic E-state index is 12.6. The number of hydrogen-bond donors (Lipinski definition) is 0. The number of hydrogen-bond acceptors (Lipinski definition) is 6. The van der Waals surface area contributed by atoms with E-state index in [4.69, 9.17) is 14.2 Å². The normalized spacial score (nSPS) is 11.8. The predicted molar refractivity (Wildman–Crippen MR) is 215 cm³/mol. The Kier molecular flexibility index (Phi) is 39.9. The molecule has 51 heavy (non-hydrogen) atoms. The van der Waals surface area contributed by atoms with Gasteiger partial charge in [0, 0.05) is 19.3 Å². The highest BCUT2D eigenvalue weighted by atomic mass is 16.6. The molecule has 1 atom stereocenters. The first-order valence-electron chi connectivity index (χ1n) is 22.5. The molecule has 0 aromatic rings. The molecule has 0 N–H and O–H groups in total. The van der Waals surface area contributed by atoms with Crippen LogP contribution in [0.2, 0.25) is 0 Å². The molecule has 0 saturated carbocycles. The summed E-state index contributed by atoms with van der Waals surface area (Å²) in [6, 6.07) is 0. The highest BCUT2D eigenvalue weighted by Gasteiger charge is 2.19. The minimum absolute atomic E-state index is 0.0638. The first-order valence-corrected chi connectivity index (χ1v) is 22.5.